The van der Waals surface area contributed by atoms with Crippen LogP contribution in [0.5, 0.6) is 5.88 Å². The Morgan fingerprint density at radius 1 is 1.67 bits per heavy atom. The van der Waals surface area contributed by atoms with E-state index < -0.39 is 0 Å². The molecule has 0 aromatic carbocycles. The maximum atomic E-state index is 11.6. The van der Waals surface area contributed by atoms with E-state index in [0.29, 0.717) is 22.5 Å². The number of aromatic nitrogens is 1. The number of hydrogen-bond acceptors (Lipinski definition) is 3. The van der Waals surface area contributed by atoms with Gasteiger partial charge in [0.1, 0.15) is 5.02 Å². The van der Waals surface area contributed by atoms with E-state index in [4.69, 9.17) is 16.3 Å². The predicted molar refractivity (Wildman–Crippen MR) is 56.3 cm³/mol. The maximum Gasteiger partial charge on any atom is 0.253 e. The molecule has 2 rings (SSSR count). The maximum absolute atomic E-state index is 11.6. The van der Waals surface area contributed by atoms with Crippen molar-refractivity contribution in [1.82, 2.24) is 10.3 Å². The molecule has 1 aliphatic carbocycles. The summed E-state index contributed by atoms with van der Waals surface area (Å²) in [4.78, 5) is 15.5. The first-order valence-corrected chi connectivity index (χ1v) is 5.09. The van der Waals surface area contributed by atoms with Gasteiger partial charge in [0.15, 0.2) is 0 Å². The Bertz CT molecular complexity index is 391. The highest BCUT2D eigenvalue weighted by Gasteiger charge is 2.24. The summed E-state index contributed by atoms with van der Waals surface area (Å²) < 4.78 is 4.90. The quantitative estimate of drug-likeness (QED) is 0.853. The zero-order valence-corrected chi connectivity index (χ0v) is 9.04. The molecule has 4 nitrogen and oxygen atoms in total. The van der Waals surface area contributed by atoms with Crippen LogP contribution < -0.4 is 10.1 Å². The largest absolute Gasteiger partial charge is 0.480 e. The molecule has 0 atom stereocenters. The molecule has 1 heterocycles. The molecule has 0 radical (unpaired) electrons. The lowest BCUT2D eigenvalue weighted by Crippen LogP contribution is -2.25. The second kappa shape index (κ2) is 4.06. The molecule has 1 fully saturated rings. The number of methoxy groups -OCH3 is 1. The minimum Gasteiger partial charge on any atom is -0.480 e. The van der Waals surface area contributed by atoms with Crippen molar-refractivity contribution in [2.75, 3.05) is 7.11 Å². The molecule has 0 aliphatic heterocycles. The van der Waals surface area contributed by atoms with Gasteiger partial charge in [0.05, 0.1) is 12.7 Å². The number of rotatable bonds is 3. The highest BCUT2D eigenvalue weighted by Crippen LogP contribution is 2.23. The van der Waals surface area contributed by atoms with Gasteiger partial charge in [-0.15, -0.1) is 0 Å². The third kappa shape index (κ3) is 2.39. The van der Waals surface area contributed by atoms with Crippen molar-refractivity contribution < 1.29 is 9.53 Å². The molecule has 1 N–H and O–H groups in total. The summed E-state index contributed by atoms with van der Waals surface area (Å²) in [7, 11) is 1.48. The van der Waals surface area contributed by atoms with Gasteiger partial charge in [-0.1, -0.05) is 11.6 Å². The van der Waals surface area contributed by atoms with Gasteiger partial charge in [0.2, 0.25) is 5.88 Å². The minimum absolute atomic E-state index is 0.130. The molecule has 1 aromatic heterocycles. The number of ether oxygens (including phenoxy) is 1. The Morgan fingerprint density at radius 3 is 2.93 bits per heavy atom. The Labute approximate surface area is 92.6 Å². The Kier molecular flexibility index (Phi) is 2.77. The van der Waals surface area contributed by atoms with Crippen molar-refractivity contribution in [3.05, 3.63) is 22.8 Å². The number of nitrogens with zero attached hydrogens (tertiary/aromatic N) is 1. The molecule has 1 aromatic rings. The van der Waals surface area contributed by atoms with Crippen molar-refractivity contribution >= 4 is 17.5 Å². The molecule has 1 amide bonds. The molecule has 80 valence electrons. The summed E-state index contributed by atoms with van der Waals surface area (Å²) in [6.07, 6.45) is 3.58. The molecule has 0 unspecified atom stereocenters. The lowest BCUT2D eigenvalue weighted by Gasteiger charge is -2.05. The van der Waals surface area contributed by atoms with Crippen LogP contribution in [-0.2, 0) is 0 Å². The smallest absolute Gasteiger partial charge is 0.253 e. The highest BCUT2D eigenvalue weighted by molar-refractivity contribution is 6.32. The third-order valence-corrected chi connectivity index (χ3v) is 2.45. The van der Waals surface area contributed by atoms with Crippen LogP contribution in [0.3, 0.4) is 0 Å². The lowest BCUT2D eigenvalue weighted by molar-refractivity contribution is 0.0950. The topological polar surface area (TPSA) is 51.2 Å². The number of carbonyl (C=O) groups is 1. The molecule has 0 saturated heterocycles. The summed E-state index contributed by atoms with van der Waals surface area (Å²) >= 11 is 5.86. The fourth-order valence-corrected chi connectivity index (χ4v) is 1.44. The highest BCUT2D eigenvalue weighted by atomic mass is 35.5. The molecule has 1 saturated carbocycles. The van der Waals surface area contributed by atoms with Crippen LogP contribution >= 0.6 is 11.6 Å². The van der Waals surface area contributed by atoms with Crippen LogP contribution in [0.1, 0.15) is 23.2 Å². The molecular weight excluding hydrogens is 216 g/mol. The van der Waals surface area contributed by atoms with Gasteiger partial charge >= 0.3 is 0 Å². The number of amides is 1. The number of nitrogens with one attached hydrogen (secondary N) is 1. The van der Waals surface area contributed by atoms with E-state index in [2.05, 4.69) is 10.3 Å². The average molecular weight is 227 g/mol. The molecule has 15 heavy (non-hydrogen) atoms. The first-order chi connectivity index (χ1) is 7.20. The van der Waals surface area contributed by atoms with Gasteiger partial charge in [0, 0.05) is 12.2 Å². The number of halogens is 1. The van der Waals surface area contributed by atoms with Crippen LogP contribution in [0.4, 0.5) is 0 Å². The van der Waals surface area contributed by atoms with E-state index in [9.17, 15) is 4.79 Å². The Morgan fingerprint density at radius 2 is 2.40 bits per heavy atom. The Hall–Kier alpha value is -1.29. The number of hydrogen-bond donors (Lipinski definition) is 1. The van der Waals surface area contributed by atoms with Gasteiger partial charge in [-0.05, 0) is 18.9 Å². The van der Waals surface area contributed by atoms with E-state index in [-0.39, 0.29) is 5.91 Å². The third-order valence-electron chi connectivity index (χ3n) is 2.18. The Balaban J connectivity index is 2.13. The summed E-state index contributed by atoms with van der Waals surface area (Å²) in [5.74, 6) is 0.203. The molecular formula is C10H11ClN2O2. The fourth-order valence-electron chi connectivity index (χ4n) is 1.20. The van der Waals surface area contributed by atoms with Crippen LogP contribution in [0, 0.1) is 0 Å². The van der Waals surface area contributed by atoms with E-state index in [1.54, 1.807) is 6.07 Å². The first kappa shape index (κ1) is 10.2. The van der Waals surface area contributed by atoms with Crippen molar-refractivity contribution in [3.8, 4) is 5.88 Å². The van der Waals surface area contributed by atoms with Gasteiger partial charge < -0.3 is 10.1 Å². The summed E-state index contributed by atoms with van der Waals surface area (Å²) in [5, 5.41) is 3.20. The first-order valence-electron chi connectivity index (χ1n) is 4.71. The van der Waals surface area contributed by atoms with Crippen LogP contribution in [0.15, 0.2) is 12.3 Å². The van der Waals surface area contributed by atoms with Crippen molar-refractivity contribution in [2.45, 2.75) is 18.9 Å². The fraction of sp³-hybridized carbons (Fsp3) is 0.400. The van der Waals surface area contributed by atoms with E-state index >= 15 is 0 Å². The second-order valence-electron chi connectivity index (χ2n) is 3.46. The molecule has 0 spiro atoms. The van der Waals surface area contributed by atoms with Gasteiger partial charge in [-0.3, -0.25) is 4.79 Å². The second-order valence-corrected chi connectivity index (χ2v) is 3.87. The van der Waals surface area contributed by atoms with Gasteiger partial charge in [-0.25, -0.2) is 4.98 Å². The van der Waals surface area contributed by atoms with Crippen molar-refractivity contribution in [2.24, 2.45) is 0 Å². The summed E-state index contributed by atoms with van der Waals surface area (Å²) in [6.45, 7) is 0. The average Bonchev–Trinajstić information content (AvgIpc) is 3.01. The predicted octanol–water partition coefficient (Wildman–Crippen LogP) is 1.64. The van der Waals surface area contributed by atoms with E-state index in [0.717, 1.165) is 12.8 Å². The van der Waals surface area contributed by atoms with Gasteiger partial charge in [0.25, 0.3) is 5.91 Å². The van der Waals surface area contributed by atoms with Crippen LogP contribution in [-0.4, -0.2) is 24.0 Å². The number of carbonyl (C=O) groups excluding carboxylic acids is 1. The summed E-state index contributed by atoms with van der Waals surface area (Å²) in [5.41, 5.74) is 0.465. The van der Waals surface area contributed by atoms with Gasteiger partial charge in [-0.2, -0.15) is 0 Å². The molecule has 1 aliphatic rings. The molecule has 0 bridgehead atoms. The minimum atomic E-state index is -0.130. The van der Waals surface area contributed by atoms with E-state index in [1.807, 2.05) is 0 Å². The normalized spacial score (nSPS) is 14.8. The zero-order valence-electron chi connectivity index (χ0n) is 8.29. The zero-order chi connectivity index (χ0) is 10.8. The van der Waals surface area contributed by atoms with Crippen molar-refractivity contribution in [1.29, 1.82) is 0 Å². The van der Waals surface area contributed by atoms with E-state index in [1.165, 1.54) is 13.3 Å². The van der Waals surface area contributed by atoms with Crippen molar-refractivity contribution in [3.63, 3.8) is 0 Å². The standard InChI is InChI=1S/C10H11ClN2O2/c1-15-10-8(11)4-6(5-12-10)9(14)13-7-2-3-7/h4-5,7H,2-3H2,1H3,(H,13,14). The summed E-state index contributed by atoms with van der Waals surface area (Å²) in [6, 6.07) is 1.89. The van der Waals surface area contributed by atoms with Crippen LogP contribution in [0.25, 0.3) is 0 Å². The monoisotopic (exact) mass is 226 g/mol. The SMILES string of the molecule is COc1ncc(C(=O)NC2CC2)cc1Cl. The molecule has 5 heteroatoms. The van der Waals surface area contributed by atoms with Crippen LogP contribution in [0.2, 0.25) is 5.02 Å². The number of pyridine rings is 1. The lowest BCUT2D eigenvalue weighted by atomic mass is 10.2.